The molecule has 3 amide bonds. The Morgan fingerprint density at radius 1 is 1.07 bits per heavy atom. The fraction of sp³-hybridized carbons (Fsp3) is 0.643. The standard InChI is InChI=1S/C14H27N7O6S/c15-7(5-22)11(24)19-4-10(23)20-8(2-1-3-18-14(16)17)12(25)21-9(6-28)13(26)27/h7-9,22,28H,1-6,15H2,(H,19,24)(H,20,23)(H,21,25)(H,26,27)(H4,16,17,18). The number of thiol groups is 1. The van der Waals surface area contributed by atoms with Gasteiger partial charge in [-0.2, -0.15) is 12.6 Å². The summed E-state index contributed by atoms with van der Waals surface area (Å²) in [7, 11) is 0. The zero-order chi connectivity index (χ0) is 21.7. The molecule has 3 atom stereocenters. The maximum absolute atomic E-state index is 12.3. The number of hydrogen-bond acceptors (Lipinski definition) is 8. The summed E-state index contributed by atoms with van der Waals surface area (Å²) < 4.78 is 0. The third-order valence-corrected chi connectivity index (χ3v) is 3.72. The van der Waals surface area contributed by atoms with Gasteiger partial charge in [0, 0.05) is 12.3 Å². The molecule has 0 heterocycles. The fourth-order valence-corrected chi connectivity index (χ4v) is 2.10. The van der Waals surface area contributed by atoms with Crippen LogP contribution in [0.2, 0.25) is 0 Å². The number of amides is 3. The summed E-state index contributed by atoms with van der Waals surface area (Å²) in [5.74, 6) is -3.75. The molecule has 14 heteroatoms. The molecule has 0 aromatic carbocycles. The van der Waals surface area contributed by atoms with Crippen LogP contribution in [-0.2, 0) is 19.2 Å². The van der Waals surface area contributed by atoms with Crippen LogP contribution in [-0.4, -0.2) is 83.4 Å². The van der Waals surface area contributed by atoms with Gasteiger partial charge in [0.2, 0.25) is 17.7 Å². The first-order chi connectivity index (χ1) is 13.1. The van der Waals surface area contributed by atoms with Gasteiger partial charge in [-0.05, 0) is 12.8 Å². The first-order valence-electron chi connectivity index (χ1n) is 8.25. The normalized spacial score (nSPS) is 13.5. The van der Waals surface area contributed by atoms with Gasteiger partial charge in [-0.15, -0.1) is 0 Å². The molecule has 13 nitrogen and oxygen atoms in total. The lowest BCUT2D eigenvalue weighted by atomic mass is 10.1. The molecule has 11 N–H and O–H groups in total. The van der Waals surface area contributed by atoms with Crippen LogP contribution >= 0.6 is 12.6 Å². The minimum absolute atomic E-state index is 0.108. The third kappa shape index (κ3) is 10.5. The number of rotatable bonds is 13. The van der Waals surface area contributed by atoms with Crippen molar-refractivity contribution in [2.75, 3.05) is 25.4 Å². The van der Waals surface area contributed by atoms with E-state index in [1.54, 1.807) is 0 Å². The van der Waals surface area contributed by atoms with E-state index in [0.29, 0.717) is 6.42 Å². The van der Waals surface area contributed by atoms with Crippen LogP contribution in [0.1, 0.15) is 12.8 Å². The SMILES string of the molecule is NC(N)=NCCCC(NC(=O)CNC(=O)C(N)CO)C(=O)NC(CS)C(=O)O. The van der Waals surface area contributed by atoms with E-state index >= 15 is 0 Å². The molecule has 0 fully saturated rings. The van der Waals surface area contributed by atoms with Crippen LogP contribution in [0.5, 0.6) is 0 Å². The molecule has 3 unspecified atom stereocenters. The largest absolute Gasteiger partial charge is 0.480 e. The Kier molecular flexibility index (Phi) is 12.3. The summed E-state index contributed by atoms with van der Waals surface area (Å²) >= 11 is 3.85. The van der Waals surface area contributed by atoms with Crippen molar-refractivity contribution in [2.24, 2.45) is 22.2 Å². The van der Waals surface area contributed by atoms with Gasteiger partial charge >= 0.3 is 5.97 Å². The van der Waals surface area contributed by atoms with E-state index in [0.717, 1.165) is 0 Å². The number of hydrogen-bond donors (Lipinski definition) is 9. The summed E-state index contributed by atoms with van der Waals surface area (Å²) in [4.78, 5) is 50.6. The maximum Gasteiger partial charge on any atom is 0.327 e. The van der Waals surface area contributed by atoms with Crippen LogP contribution in [0.15, 0.2) is 4.99 Å². The molecular weight excluding hydrogens is 394 g/mol. The van der Waals surface area contributed by atoms with Crippen molar-refractivity contribution >= 4 is 42.3 Å². The summed E-state index contributed by atoms with van der Waals surface area (Å²) in [5, 5.41) is 24.6. The minimum Gasteiger partial charge on any atom is -0.480 e. The lowest BCUT2D eigenvalue weighted by molar-refractivity contribution is -0.141. The van der Waals surface area contributed by atoms with Gasteiger partial charge in [-0.3, -0.25) is 19.4 Å². The topological polar surface area (TPSA) is 235 Å². The number of nitrogens with two attached hydrogens (primary N) is 3. The van der Waals surface area contributed by atoms with Crippen molar-refractivity contribution in [1.29, 1.82) is 0 Å². The molecule has 0 spiro atoms. The van der Waals surface area contributed by atoms with Crippen LogP contribution < -0.4 is 33.2 Å². The van der Waals surface area contributed by atoms with Crippen molar-refractivity contribution in [3.05, 3.63) is 0 Å². The number of carboxylic acids is 1. The highest BCUT2D eigenvalue weighted by Gasteiger charge is 2.25. The van der Waals surface area contributed by atoms with Crippen LogP contribution in [0.4, 0.5) is 0 Å². The molecule has 0 aromatic heterocycles. The Morgan fingerprint density at radius 3 is 2.21 bits per heavy atom. The highest BCUT2D eigenvalue weighted by atomic mass is 32.1. The second-order valence-corrected chi connectivity index (χ2v) is 6.02. The van der Waals surface area contributed by atoms with Crippen molar-refractivity contribution in [1.82, 2.24) is 16.0 Å². The van der Waals surface area contributed by atoms with Gasteiger partial charge in [0.15, 0.2) is 5.96 Å². The van der Waals surface area contributed by atoms with Gasteiger partial charge in [0.1, 0.15) is 18.1 Å². The summed E-state index contributed by atoms with van der Waals surface area (Å²) in [6, 6.07) is -3.51. The van der Waals surface area contributed by atoms with E-state index in [-0.39, 0.29) is 24.7 Å². The number of nitrogens with zero attached hydrogens (tertiary/aromatic N) is 1. The fourth-order valence-electron chi connectivity index (χ4n) is 1.86. The van der Waals surface area contributed by atoms with Crippen LogP contribution in [0, 0.1) is 0 Å². The predicted octanol–water partition coefficient (Wildman–Crippen LogP) is -4.54. The molecule has 0 radical (unpaired) electrons. The Labute approximate surface area is 166 Å². The summed E-state index contributed by atoms with van der Waals surface area (Å²) in [6.45, 7) is -0.887. The molecular formula is C14H27N7O6S. The van der Waals surface area contributed by atoms with Gasteiger partial charge in [0.05, 0.1) is 13.2 Å². The molecule has 0 aliphatic rings. The zero-order valence-electron chi connectivity index (χ0n) is 15.1. The van der Waals surface area contributed by atoms with Gasteiger partial charge < -0.3 is 43.4 Å². The highest BCUT2D eigenvalue weighted by molar-refractivity contribution is 7.80. The molecule has 0 saturated heterocycles. The Balaban J connectivity index is 4.88. The van der Waals surface area contributed by atoms with E-state index in [9.17, 15) is 19.2 Å². The highest BCUT2D eigenvalue weighted by Crippen LogP contribution is 2.01. The number of carbonyl (C=O) groups excluding carboxylic acids is 3. The predicted molar refractivity (Wildman–Crippen MR) is 103 cm³/mol. The van der Waals surface area contributed by atoms with Crippen molar-refractivity contribution in [3.63, 3.8) is 0 Å². The van der Waals surface area contributed by atoms with Crippen molar-refractivity contribution in [2.45, 2.75) is 31.0 Å². The first kappa shape index (κ1) is 25.4. The van der Waals surface area contributed by atoms with E-state index in [1.807, 2.05) is 0 Å². The molecule has 0 aliphatic carbocycles. The molecule has 0 rings (SSSR count). The van der Waals surface area contributed by atoms with Crippen LogP contribution in [0.3, 0.4) is 0 Å². The lowest BCUT2D eigenvalue weighted by Crippen LogP contribution is -2.54. The smallest absolute Gasteiger partial charge is 0.327 e. The van der Waals surface area contributed by atoms with E-state index in [2.05, 4.69) is 33.6 Å². The monoisotopic (exact) mass is 421 g/mol. The molecule has 0 bridgehead atoms. The Bertz CT molecular complexity index is 585. The lowest BCUT2D eigenvalue weighted by Gasteiger charge is -2.21. The average Bonchev–Trinajstić information content (AvgIpc) is 2.64. The Hall–Kier alpha value is -2.58. The molecule has 0 aliphatic heterocycles. The molecule has 0 saturated carbocycles. The van der Waals surface area contributed by atoms with Gasteiger partial charge in [-0.1, -0.05) is 0 Å². The third-order valence-electron chi connectivity index (χ3n) is 3.35. The number of aliphatic imine (C=N–C) groups is 1. The zero-order valence-corrected chi connectivity index (χ0v) is 16.0. The number of aliphatic hydroxyl groups is 1. The second kappa shape index (κ2) is 13.6. The summed E-state index contributed by atoms with van der Waals surface area (Å²) in [5.41, 5.74) is 15.7. The Morgan fingerprint density at radius 2 is 1.71 bits per heavy atom. The second-order valence-electron chi connectivity index (χ2n) is 5.66. The van der Waals surface area contributed by atoms with Crippen molar-refractivity contribution < 1.29 is 29.4 Å². The van der Waals surface area contributed by atoms with E-state index in [4.69, 9.17) is 27.4 Å². The van der Waals surface area contributed by atoms with Gasteiger partial charge in [-0.25, -0.2) is 4.79 Å². The number of nitrogens with one attached hydrogen (secondary N) is 3. The number of guanidine groups is 1. The number of carboxylic acid groups (broad SMARTS) is 1. The number of carbonyl (C=O) groups is 4. The van der Waals surface area contributed by atoms with Crippen molar-refractivity contribution in [3.8, 4) is 0 Å². The van der Waals surface area contributed by atoms with Crippen LogP contribution in [0.25, 0.3) is 0 Å². The van der Waals surface area contributed by atoms with Gasteiger partial charge in [0.25, 0.3) is 0 Å². The maximum atomic E-state index is 12.3. The number of aliphatic carboxylic acids is 1. The first-order valence-corrected chi connectivity index (χ1v) is 8.88. The quantitative estimate of drug-likeness (QED) is 0.0601. The average molecular weight is 421 g/mol. The minimum atomic E-state index is -1.28. The van der Waals surface area contributed by atoms with E-state index < -0.39 is 55.0 Å². The molecule has 160 valence electrons. The summed E-state index contributed by atoms with van der Waals surface area (Å²) in [6.07, 6.45) is 0.425. The molecule has 0 aromatic rings. The molecule has 28 heavy (non-hydrogen) atoms. The number of aliphatic hydroxyl groups excluding tert-OH is 1. The van der Waals surface area contributed by atoms with E-state index in [1.165, 1.54) is 0 Å².